The molecule has 0 fully saturated rings. The van der Waals surface area contributed by atoms with Crippen molar-refractivity contribution in [2.24, 2.45) is 10.8 Å². The van der Waals surface area contributed by atoms with Crippen LogP contribution in [-0.4, -0.2) is 13.2 Å². The second-order valence-corrected chi connectivity index (χ2v) is 9.49. The largest absolute Gasteiger partial charge is 0.356 e. The summed E-state index contributed by atoms with van der Waals surface area (Å²) in [6.45, 7) is 10.3. The van der Waals surface area contributed by atoms with Crippen LogP contribution in [0.2, 0.25) is 0 Å². The summed E-state index contributed by atoms with van der Waals surface area (Å²) in [7, 11) is 0. The Morgan fingerprint density at radius 2 is 1.19 bits per heavy atom. The molecule has 0 atom stereocenters. The zero-order chi connectivity index (χ0) is 19.6. The minimum absolute atomic E-state index is 0.381. The molecule has 0 aliphatic heterocycles. The first-order valence-electron chi connectivity index (χ1n) is 10.8. The van der Waals surface area contributed by atoms with E-state index in [1.54, 1.807) is 11.1 Å². The molecule has 0 N–H and O–H groups in total. The lowest BCUT2D eigenvalue weighted by atomic mass is 9.79. The highest BCUT2D eigenvalue weighted by molar-refractivity contribution is 5.15. The van der Waals surface area contributed by atoms with Crippen molar-refractivity contribution in [3.63, 3.8) is 0 Å². The minimum atomic E-state index is 0.381. The molecule has 0 saturated carbocycles. The molecule has 2 aliphatic carbocycles. The molecular weight excluding hydrogens is 328 g/mol. The summed E-state index contributed by atoms with van der Waals surface area (Å²) in [5.41, 5.74) is 3.94. The summed E-state index contributed by atoms with van der Waals surface area (Å²) in [4.78, 5) is 0. The monoisotopic (exact) mass is 366 g/mol. The van der Waals surface area contributed by atoms with Gasteiger partial charge < -0.3 is 4.74 Å². The molecular formula is C26H38O. The smallest absolute Gasteiger partial charge is 0.109 e. The van der Waals surface area contributed by atoms with Crippen molar-refractivity contribution in [3.05, 3.63) is 23.3 Å². The molecule has 2 rings (SSSR count). The van der Waals surface area contributed by atoms with Gasteiger partial charge in [0.2, 0.25) is 0 Å². The molecule has 27 heavy (non-hydrogen) atoms. The summed E-state index contributed by atoms with van der Waals surface area (Å²) in [5, 5.41) is 0. The maximum absolute atomic E-state index is 5.51. The quantitative estimate of drug-likeness (QED) is 0.284. The van der Waals surface area contributed by atoms with Gasteiger partial charge in [0.25, 0.3) is 0 Å². The third-order valence-corrected chi connectivity index (χ3v) is 5.57. The average Bonchev–Trinajstić information content (AvgIpc) is 2.58. The highest BCUT2D eigenvalue weighted by Crippen LogP contribution is 2.35. The van der Waals surface area contributed by atoms with Gasteiger partial charge in [0, 0.05) is 12.8 Å². The molecule has 0 spiro atoms. The molecule has 1 heteroatoms. The van der Waals surface area contributed by atoms with E-state index in [-0.39, 0.29) is 0 Å². The number of ether oxygens (including phenoxy) is 1. The van der Waals surface area contributed by atoms with Gasteiger partial charge in [-0.25, -0.2) is 0 Å². The van der Waals surface area contributed by atoms with E-state index >= 15 is 0 Å². The van der Waals surface area contributed by atoms with Gasteiger partial charge in [-0.2, -0.15) is 0 Å². The maximum Gasteiger partial charge on any atom is 0.109 e. The van der Waals surface area contributed by atoms with Crippen LogP contribution in [0.15, 0.2) is 23.3 Å². The first-order valence-corrected chi connectivity index (χ1v) is 10.8. The molecule has 0 amide bonds. The van der Waals surface area contributed by atoms with Gasteiger partial charge in [-0.15, -0.1) is 11.8 Å². The lowest BCUT2D eigenvalue weighted by Crippen LogP contribution is -2.12. The van der Waals surface area contributed by atoms with E-state index in [1.165, 1.54) is 38.5 Å². The molecule has 2 aliphatic rings. The van der Waals surface area contributed by atoms with Crippen molar-refractivity contribution in [3.8, 4) is 23.7 Å². The van der Waals surface area contributed by atoms with Crippen LogP contribution in [0.5, 0.6) is 0 Å². The van der Waals surface area contributed by atoms with E-state index in [2.05, 4.69) is 63.5 Å². The third kappa shape index (κ3) is 9.35. The summed E-state index contributed by atoms with van der Waals surface area (Å²) < 4.78 is 5.51. The maximum atomic E-state index is 5.51. The minimum Gasteiger partial charge on any atom is -0.356 e. The van der Waals surface area contributed by atoms with E-state index < -0.39 is 0 Å². The van der Waals surface area contributed by atoms with E-state index in [4.69, 9.17) is 4.74 Å². The number of allylic oxidation sites excluding steroid dienone is 4. The molecule has 0 aromatic carbocycles. The van der Waals surface area contributed by atoms with E-state index in [0.717, 1.165) is 25.7 Å². The van der Waals surface area contributed by atoms with Crippen LogP contribution in [0.4, 0.5) is 0 Å². The zero-order valence-corrected chi connectivity index (χ0v) is 18.0. The average molecular weight is 367 g/mol. The lowest BCUT2D eigenvalue weighted by Gasteiger charge is -2.27. The van der Waals surface area contributed by atoms with Crippen molar-refractivity contribution >= 4 is 0 Å². The Balaban J connectivity index is 1.53. The van der Waals surface area contributed by atoms with Crippen LogP contribution < -0.4 is 0 Å². The number of hydrogen-bond donors (Lipinski definition) is 0. The summed E-state index contributed by atoms with van der Waals surface area (Å²) in [5.74, 6) is 12.7. The van der Waals surface area contributed by atoms with E-state index in [1.807, 2.05) is 0 Å². The first kappa shape index (κ1) is 21.9. The number of hydrogen-bond acceptors (Lipinski definition) is 1. The Morgan fingerprint density at radius 3 is 1.59 bits per heavy atom. The van der Waals surface area contributed by atoms with Crippen LogP contribution in [0.1, 0.15) is 91.9 Å². The normalized spacial score (nSPS) is 20.4. The van der Waals surface area contributed by atoms with Crippen LogP contribution >= 0.6 is 0 Å². The molecule has 0 aromatic rings. The summed E-state index contributed by atoms with van der Waals surface area (Å²) in [6, 6.07) is 0. The van der Waals surface area contributed by atoms with Crippen molar-refractivity contribution < 1.29 is 4.74 Å². The Bertz CT molecular complexity index is 594. The van der Waals surface area contributed by atoms with Gasteiger partial charge in [-0.05, 0) is 62.2 Å². The van der Waals surface area contributed by atoms with Gasteiger partial charge in [0.1, 0.15) is 13.2 Å². The second kappa shape index (κ2) is 10.8. The van der Waals surface area contributed by atoms with Crippen LogP contribution in [0.25, 0.3) is 0 Å². The van der Waals surface area contributed by atoms with Crippen molar-refractivity contribution in [2.45, 2.75) is 91.9 Å². The molecule has 0 heterocycles. The fraction of sp³-hybridized carbons (Fsp3) is 0.692. The fourth-order valence-corrected chi connectivity index (χ4v) is 4.21. The van der Waals surface area contributed by atoms with Gasteiger partial charge in [0.05, 0.1) is 0 Å². The Hall–Kier alpha value is -1.44. The zero-order valence-electron chi connectivity index (χ0n) is 18.0. The van der Waals surface area contributed by atoms with Gasteiger partial charge in [-0.1, -0.05) is 62.8 Å². The molecule has 148 valence electrons. The van der Waals surface area contributed by atoms with Crippen molar-refractivity contribution in [1.29, 1.82) is 0 Å². The first-order chi connectivity index (χ1) is 12.9. The third-order valence-electron chi connectivity index (χ3n) is 5.57. The van der Waals surface area contributed by atoms with Crippen molar-refractivity contribution in [1.82, 2.24) is 0 Å². The molecule has 0 saturated heterocycles. The van der Waals surface area contributed by atoms with E-state index in [0.29, 0.717) is 24.0 Å². The predicted octanol–water partition coefficient (Wildman–Crippen LogP) is 6.84. The topological polar surface area (TPSA) is 9.23 Å². The Labute approximate surface area is 168 Å². The molecule has 0 radical (unpaired) electrons. The van der Waals surface area contributed by atoms with E-state index in [9.17, 15) is 0 Å². The summed E-state index contributed by atoms with van der Waals surface area (Å²) >= 11 is 0. The van der Waals surface area contributed by atoms with Crippen LogP contribution in [0.3, 0.4) is 0 Å². The fourth-order valence-electron chi connectivity index (χ4n) is 4.21. The van der Waals surface area contributed by atoms with Gasteiger partial charge >= 0.3 is 0 Å². The van der Waals surface area contributed by atoms with Crippen molar-refractivity contribution in [2.75, 3.05) is 13.2 Å². The Kier molecular flexibility index (Phi) is 8.73. The molecule has 0 aromatic heterocycles. The highest BCUT2D eigenvalue weighted by atomic mass is 16.5. The molecule has 0 unspecified atom stereocenters. The van der Waals surface area contributed by atoms with Crippen LogP contribution in [-0.2, 0) is 4.74 Å². The molecule has 1 nitrogen and oxygen atoms in total. The molecule has 0 bridgehead atoms. The number of rotatable bonds is 6. The lowest BCUT2D eigenvalue weighted by molar-refractivity contribution is 0.204. The standard InChI is InChI=1S/C26H38O/c1-25(2)17-11-15-23(21-25)13-7-5-9-19-27-20-10-6-8-14-24-16-12-18-26(3,4)22-24/h21-22H,7-8,11-20H2,1-4H3. The second-order valence-electron chi connectivity index (χ2n) is 9.49. The summed E-state index contributed by atoms with van der Waals surface area (Å²) in [6.07, 6.45) is 16.8. The predicted molar refractivity (Wildman–Crippen MR) is 116 cm³/mol. The van der Waals surface area contributed by atoms with Crippen LogP contribution in [0, 0.1) is 34.5 Å². The van der Waals surface area contributed by atoms with Gasteiger partial charge in [0.15, 0.2) is 0 Å². The highest BCUT2D eigenvalue weighted by Gasteiger charge is 2.20. The van der Waals surface area contributed by atoms with Gasteiger partial charge in [-0.3, -0.25) is 0 Å². The SMILES string of the molecule is CC1(C)C=C(CCC#CCOCC#CCCC2=CC(C)(C)CCC2)CCC1. The Morgan fingerprint density at radius 1 is 0.741 bits per heavy atom.